The summed E-state index contributed by atoms with van der Waals surface area (Å²) in [5, 5.41) is 20.4. The van der Waals surface area contributed by atoms with E-state index in [-0.39, 0.29) is 16.6 Å². The van der Waals surface area contributed by atoms with Gasteiger partial charge in [-0.15, -0.1) is 6.42 Å². The van der Waals surface area contributed by atoms with Gasteiger partial charge in [-0.3, -0.25) is 0 Å². The Balaban J connectivity index is 1.48. The lowest BCUT2D eigenvalue weighted by Crippen LogP contribution is -2.56. The van der Waals surface area contributed by atoms with Crippen LogP contribution in [0.25, 0.3) is 0 Å². The van der Waals surface area contributed by atoms with Gasteiger partial charge in [0.15, 0.2) is 0 Å². The number of furan rings is 1. The topological polar surface area (TPSA) is 70.7 Å². The summed E-state index contributed by atoms with van der Waals surface area (Å²) in [7, 11) is 0. The van der Waals surface area contributed by atoms with Crippen LogP contribution in [-0.2, 0) is 12.8 Å². The summed E-state index contributed by atoms with van der Waals surface area (Å²) in [5.41, 5.74) is 0.143. The second-order valence-electron chi connectivity index (χ2n) is 10.4. The van der Waals surface area contributed by atoms with Crippen molar-refractivity contribution in [3.63, 3.8) is 0 Å². The first-order valence-electron chi connectivity index (χ1n) is 10.8. The van der Waals surface area contributed by atoms with Gasteiger partial charge in [-0.25, -0.2) is 4.79 Å². The molecule has 4 aliphatic rings. The average molecular weight is 383 g/mol. The van der Waals surface area contributed by atoms with Crippen LogP contribution in [0.4, 0.5) is 0 Å². The fourth-order valence-electron chi connectivity index (χ4n) is 7.93. The highest BCUT2D eigenvalue weighted by Crippen LogP contribution is 2.67. The smallest absolute Gasteiger partial charge is 0.371 e. The molecule has 28 heavy (non-hydrogen) atoms. The normalized spacial score (nSPS) is 46.6. The second kappa shape index (κ2) is 5.66. The van der Waals surface area contributed by atoms with Crippen molar-refractivity contribution in [3.05, 3.63) is 23.2 Å². The van der Waals surface area contributed by atoms with E-state index in [1.807, 2.05) is 0 Å². The lowest BCUT2D eigenvalue weighted by Gasteiger charge is -2.60. The van der Waals surface area contributed by atoms with Crippen molar-refractivity contribution in [1.29, 1.82) is 0 Å². The minimum atomic E-state index is -0.978. The molecular weight excluding hydrogens is 352 g/mol. The Morgan fingerprint density at radius 2 is 1.96 bits per heavy atom. The molecule has 3 saturated carbocycles. The van der Waals surface area contributed by atoms with E-state index in [4.69, 9.17) is 10.8 Å². The van der Waals surface area contributed by atoms with E-state index < -0.39 is 11.6 Å². The van der Waals surface area contributed by atoms with Crippen LogP contribution in [0.2, 0.25) is 0 Å². The van der Waals surface area contributed by atoms with Crippen LogP contribution in [0, 0.1) is 46.8 Å². The first-order valence-corrected chi connectivity index (χ1v) is 10.8. The standard InChI is InChI=1S/C24H30O4/c1-4-24(27)10-8-18-16-6-5-15-12-19-14(11-20(28-19)21(25)26)13-22(15,2)17(16)7-9-23(18,24)3/h1,11,15-18,27H,5-10,12-13H2,2-3H3,(H,25,26)/t15-,16+,17-,18-,22-,23-,24-/m0/s1. The van der Waals surface area contributed by atoms with E-state index in [2.05, 4.69) is 19.8 Å². The molecule has 0 bridgehead atoms. The fraction of sp³-hybridized carbons (Fsp3) is 0.708. The molecule has 0 aromatic carbocycles. The molecule has 0 saturated heterocycles. The quantitative estimate of drug-likeness (QED) is 0.711. The largest absolute Gasteiger partial charge is 0.475 e. The van der Waals surface area contributed by atoms with Crippen molar-refractivity contribution in [3.8, 4) is 12.3 Å². The van der Waals surface area contributed by atoms with Gasteiger partial charge < -0.3 is 14.6 Å². The Morgan fingerprint density at radius 3 is 2.68 bits per heavy atom. The highest BCUT2D eigenvalue weighted by Gasteiger charge is 2.64. The molecule has 5 rings (SSSR count). The van der Waals surface area contributed by atoms with Crippen LogP contribution < -0.4 is 0 Å². The molecule has 7 atom stereocenters. The minimum absolute atomic E-state index is 0.0786. The van der Waals surface area contributed by atoms with Gasteiger partial charge in [0.1, 0.15) is 11.4 Å². The average Bonchev–Trinajstić information content (AvgIpc) is 3.18. The van der Waals surface area contributed by atoms with Crippen LogP contribution in [-0.4, -0.2) is 21.8 Å². The second-order valence-corrected chi connectivity index (χ2v) is 10.4. The highest BCUT2D eigenvalue weighted by atomic mass is 16.4. The van der Waals surface area contributed by atoms with Crippen molar-refractivity contribution in [2.75, 3.05) is 0 Å². The number of hydrogen-bond donors (Lipinski definition) is 2. The molecule has 0 spiro atoms. The number of carboxylic acids is 1. The van der Waals surface area contributed by atoms with Gasteiger partial charge in [0.05, 0.1) is 0 Å². The summed E-state index contributed by atoms with van der Waals surface area (Å²) in [6.45, 7) is 4.65. The molecule has 0 amide bonds. The summed E-state index contributed by atoms with van der Waals surface area (Å²) in [6, 6.07) is 1.75. The van der Waals surface area contributed by atoms with Crippen molar-refractivity contribution < 1.29 is 19.4 Å². The number of hydrogen-bond acceptors (Lipinski definition) is 3. The fourth-order valence-corrected chi connectivity index (χ4v) is 7.93. The van der Waals surface area contributed by atoms with Gasteiger partial charge in [0, 0.05) is 11.8 Å². The lowest BCUT2D eigenvalue weighted by atomic mass is 9.44. The Morgan fingerprint density at radius 1 is 1.21 bits per heavy atom. The van der Waals surface area contributed by atoms with E-state index in [0.717, 1.165) is 56.3 Å². The maximum Gasteiger partial charge on any atom is 0.371 e. The van der Waals surface area contributed by atoms with Crippen LogP contribution >= 0.6 is 0 Å². The Hall–Kier alpha value is -1.73. The van der Waals surface area contributed by atoms with Gasteiger partial charge in [-0.05, 0) is 85.7 Å². The SMILES string of the molecule is C#C[C@]1(O)CC[C@H]2[C@@H]3CC[C@H]4Cc5oc(C(=O)O)cc5C[C@]4(C)[C@H]3CC[C@@]21C. The van der Waals surface area contributed by atoms with Gasteiger partial charge >= 0.3 is 5.97 Å². The van der Waals surface area contributed by atoms with Crippen LogP contribution in [0.1, 0.15) is 74.3 Å². The third kappa shape index (κ3) is 2.15. The van der Waals surface area contributed by atoms with Gasteiger partial charge in [0.25, 0.3) is 0 Å². The number of fused-ring (bicyclic) bond motifs is 6. The number of aliphatic hydroxyl groups is 1. The van der Waals surface area contributed by atoms with E-state index in [1.54, 1.807) is 6.07 Å². The molecule has 2 N–H and O–H groups in total. The molecule has 150 valence electrons. The molecule has 3 fully saturated rings. The first kappa shape index (κ1) is 18.3. The summed E-state index contributed by atoms with van der Waals surface area (Å²) in [5.74, 6) is 5.00. The molecule has 1 aromatic heterocycles. The van der Waals surface area contributed by atoms with Crippen LogP contribution in [0.15, 0.2) is 10.5 Å². The molecular formula is C24H30O4. The molecule has 4 aliphatic carbocycles. The zero-order valence-electron chi connectivity index (χ0n) is 16.8. The van der Waals surface area contributed by atoms with E-state index >= 15 is 0 Å². The number of terminal acetylenes is 1. The van der Waals surface area contributed by atoms with E-state index in [1.165, 1.54) is 6.42 Å². The molecule has 4 nitrogen and oxygen atoms in total. The van der Waals surface area contributed by atoms with Crippen LogP contribution in [0.3, 0.4) is 0 Å². The summed E-state index contributed by atoms with van der Waals surface area (Å²) in [6.07, 6.45) is 13.7. The number of rotatable bonds is 1. The van der Waals surface area contributed by atoms with Crippen molar-refractivity contribution in [2.45, 2.75) is 70.8 Å². The predicted molar refractivity (Wildman–Crippen MR) is 105 cm³/mol. The van der Waals surface area contributed by atoms with Crippen LogP contribution in [0.5, 0.6) is 0 Å². The van der Waals surface area contributed by atoms with Gasteiger partial charge in [-0.2, -0.15) is 0 Å². The Labute approximate surface area is 166 Å². The summed E-state index contributed by atoms with van der Waals surface area (Å²) in [4.78, 5) is 11.4. The van der Waals surface area contributed by atoms with Gasteiger partial charge in [0.2, 0.25) is 5.76 Å². The van der Waals surface area contributed by atoms with Crippen molar-refractivity contribution in [2.24, 2.45) is 34.5 Å². The molecule has 0 aliphatic heterocycles. The Kier molecular flexibility index (Phi) is 3.70. The maximum atomic E-state index is 11.4. The zero-order chi connectivity index (χ0) is 19.9. The molecule has 4 heteroatoms. The minimum Gasteiger partial charge on any atom is -0.475 e. The van der Waals surface area contributed by atoms with E-state index in [0.29, 0.717) is 23.7 Å². The lowest BCUT2D eigenvalue weighted by molar-refractivity contribution is -0.128. The van der Waals surface area contributed by atoms with Crippen molar-refractivity contribution >= 4 is 5.97 Å². The number of carbonyl (C=O) groups is 1. The van der Waals surface area contributed by atoms with E-state index in [9.17, 15) is 15.0 Å². The van der Waals surface area contributed by atoms with Crippen molar-refractivity contribution in [1.82, 2.24) is 0 Å². The molecule has 0 radical (unpaired) electrons. The van der Waals surface area contributed by atoms with Gasteiger partial charge in [-0.1, -0.05) is 19.8 Å². The Bertz CT molecular complexity index is 878. The molecule has 1 heterocycles. The third-order valence-electron chi connectivity index (χ3n) is 9.57. The monoisotopic (exact) mass is 382 g/mol. The predicted octanol–water partition coefficient (Wildman–Crippen LogP) is 4.30. The summed E-state index contributed by atoms with van der Waals surface area (Å²) >= 11 is 0. The number of aromatic carboxylic acids is 1. The first-order chi connectivity index (χ1) is 13.2. The summed E-state index contributed by atoms with van der Waals surface area (Å²) < 4.78 is 5.67. The number of carboxylic acid groups (broad SMARTS) is 1. The molecule has 0 unspecified atom stereocenters. The third-order valence-corrected chi connectivity index (χ3v) is 9.57. The highest BCUT2D eigenvalue weighted by molar-refractivity contribution is 5.84. The molecule has 1 aromatic rings. The zero-order valence-corrected chi connectivity index (χ0v) is 16.8. The maximum absolute atomic E-state index is 11.4.